The second-order valence-corrected chi connectivity index (χ2v) is 11.2. The monoisotopic (exact) mass is 696 g/mol. The molecule has 3 aromatic carbocycles. The summed E-state index contributed by atoms with van der Waals surface area (Å²) in [5.41, 5.74) is 11.7. The number of aryl methyl sites for hydroxylation is 1. The molecule has 5 rings (SSSR count). The number of fused-ring (bicyclic) bond motifs is 1. The van der Waals surface area contributed by atoms with E-state index in [1.165, 1.54) is 24.3 Å². The normalized spacial score (nSPS) is 11.8. The molecule has 0 bridgehead atoms. The number of carbonyl (C=O) groups is 1. The van der Waals surface area contributed by atoms with Gasteiger partial charge in [0.25, 0.3) is 0 Å². The molecule has 2 aromatic heterocycles. The summed E-state index contributed by atoms with van der Waals surface area (Å²) in [6.07, 6.45) is 5.28. The first kappa shape index (κ1) is 30.1. The summed E-state index contributed by atoms with van der Waals surface area (Å²) in [6.45, 7) is 0.249. The van der Waals surface area contributed by atoms with E-state index < -0.39 is 17.6 Å². The number of ether oxygens (including phenoxy) is 1. The van der Waals surface area contributed by atoms with Gasteiger partial charge in [0.05, 0.1) is 5.56 Å². The number of benzene rings is 3. The number of hydrogen-bond acceptors (Lipinski definition) is 4. The summed E-state index contributed by atoms with van der Waals surface area (Å²) in [5.74, 6) is -1.66. The Kier molecular flexibility index (Phi) is 9.58. The van der Waals surface area contributed by atoms with Crippen LogP contribution in [0.25, 0.3) is 32.7 Å². The molecule has 12 heteroatoms. The van der Waals surface area contributed by atoms with Crippen molar-refractivity contribution in [1.29, 1.82) is 0 Å². The first-order chi connectivity index (χ1) is 20.8. The van der Waals surface area contributed by atoms with E-state index in [9.17, 15) is 4.79 Å². The van der Waals surface area contributed by atoms with Crippen molar-refractivity contribution in [3.63, 3.8) is 0 Å². The van der Waals surface area contributed by atoms with Gasteiger partial charge in [-0.2, -0.15) is 0 Å². The lowest BCUT2D eigenvalue weighted by Gasteiger charge is -2.16. The summed E-state index contributed by atoms with van der Waals surface area (Å²) < 4.78 is 37.5. The minimum Gasteiger partial charge on any atom is -0.481 e. The molecule has 0 fully saturated rings. The highest BCUT2D eigenvalue weighted by molar-refractivity contribution is 14.1. The summed E-state index contributed by atoms with van der Waals surface area (Å²) in [6, 6.07) is 15.2. The van der Waals surface area contributed by atoms with Crippen molar-refractivity contribution in [3.8, 4) is 22.9 Å². The molecule has 43 heavy (non-hydrogen) atoms. The Morgan fingerprint density at radius 2 is 2.00 bits per heavy atom. The zero-order chi connectivity index (χ0) is 30.3. The van der Waals surface area contributed by atoms with Crippen molar-refractivity contribution >= 4 is 39.5 Å². The van der Waals surface area contributed by atoms with Crippen LogP contribution >= 0.6 is 22.6 Å². The highest BCUT2D eigenvalue weighted by Gasteiger charge is 2.21. The minimum atomic E-state index is -0.864. The molecule has 0 saturated heterocycles. The van der Waals surface area contributed by atoms with Gasteiger partial charge in [-0.05, 0) is 95.8 Å². The molecule has 0 amide bonds. The van der Waals surface area contributed by atoms with Crippen molar-refractivity contribution < 1.29 is 23.4 Å². The first-order valence-corrected chi connectivity index (χ1v) is 14.7. The molecule has 220 valence electrons. The number of carboxylic acid groups (broad SMARTS) is 1. The Bertz CT molecular complexity index is 1810. The van der Waals surface area contributed by atoms with Crippen LogP contribution in [0.1, 0.15) is 48.4 Å². The number of aromatic amines is 2. The Morgan fingerprint density at radius 3 is 2.79 bits per heavy atom. The smallest absolute Gasteiger partial charge is 0.303 e. The van der Waals surface area contributed by atoms with Crippen LogP contribution in [0, 0.1) is 15.2 Å². The molecule has 1 unspecified atom stereocenters. The second-order valence-electron chi connectivity index (χ2n) is 9.99. The van der Waals surface area contributed by atoms with Gasteiger partial charge >= 0.3 is 5.97 Å². The summed E-state index contributed by atoms with van der Waals surface area (Å²) in [5, 5.41) is 13.5. The number of hydrogen-bond donors (Lipinski definition) is 3. The van der Waals surface area contributed by atoms with E-state index >= 15 is 8.78 Å². The lowest BCUT2D eigenvalue weighted by atomic mass is 9.91. The maximum Gasteiger partial charge on any atom is 0.303 e. The van der Waals surface area contributed by atoms with Gasteiger partial charge in [0, 0.05) is 68.0 Å². The molecule has 0 aliphatic carbocycles. The molecular weight excluding hydrogens is 669 g/mol. The zero-order valence-electron chi connectivity index (χ0n) is 22.9. The number of H-pyrrole nitrogens is 2. The van der Waals surface area contributed by atoms with Crippen LogP contribution in [-0.2, 0) is 11.2 Å². The van der Waals surface area contributed by atoms with Gasteiger partial charge in [-0.25, -0.2) is 13.8 Å². The van der Waals surface area contributed by atoms with Crippen molar-refractivity contribution in [2.45, 2.75) is 38.0 Å². The van der Waals surface area contributed by atoms with E-state index in [0.717, 1.165) is 20.2 Å². The predicted molar refractivity (Wildman–Crippen MR) is 167 cm³/mol. The van der Waals surface area contributed by atoms with Gasteiger partial charge in [0.2, 0.25) is 0 Å². The van der Waals surface area contributed by atoms with Gasteiger partial charge in [-0.3, -0.25) is 4.79 Å². The van der Waals surface area contributed by atoms with Crippen molar-refractivity contribution in [1.82, 2.24) is 15.0 Å². The van der Waals surface area contributed by atoms with E-state index in [1.54, 1.807) is 12.4 Å². The van der Waals surface area contributed by atoms with E-state index in [1.807, 2.05) is 30.3 Å². The first-order valence-electron chi connectivity index (χ1n) is 13.6. The van der Waals surface area contributed by atoms with E-state index in [-0.39, 0.29) is 41.8 Å². The number of carboxylic acids is 1. The number of nitrogens with one attached hydrogen (secondary N) is 2. The van der Waals surface area contributed by atoms with Gasteiger partial charge in [0.15, 0.2) is 11.6 Å². The number of nitrogens with zero attached hydrogens (tertiary/aromatic N) is 4. The Morgan fingerprint density at radius 1 is 1.14 bits per heavy atom. The summed E-state index contributed by atoms with van der Waals surface area (Å²) >= 11 is 2.23. The molecule has 0 saturated carbocycles. The minimum absolute atomic E-state index is 0.0166. The Labute approximate surface area is 259 Å². The average Bonchev–Trinajstić information content (AvgIpc) is 3.65. The van der Waals surface area contributed by atoms with Gasteiger partial charge < -0.3 is 19.8 Å². The molecule has 1 atom stereocenters. The molecule has 5 aromatic rings. The number of rotatable bonds is 13. The lowest BCUT2D eigenvalue weighted by Crippen LogP contribution is -2.04. The number of aromatic nitrogens is 3. The van der Waals surface area contributed by atoms with Gasteiger partial charge in [-0.15, -0.1) is 0 Å². The number of imidazole rings is 1. The maximum atomic E-state index is 15.3. The molecule has 0 aliphatic heterocycles. The number of halogens is 3. The predicted octanol–water partition coefficient (Wildman–Crippen LogP) is 8.86. The van der Waals surface area contributed by atoms with Crippen LogP contribution in [0.15, 0.2) is 72.1 Å². The fourth-order valence-electron chi connectivity index (χ4n) is 5.15. The standard InChI is InChI=1S/C31H27F2IN6O3/c32-25-10-9-20(43-30-23(7-3-12-38-40-35)22-11-13-36-27(22)16-26(30)33)15-24(25)31-37-17-28(39-31)21(6-2-8-29(41)42)18-4-1-5-19(34)14-18/h1,4-5,9-11,13-17,21,36H,2-3,6-8,12H2,(H,37,39)(H,41,42). The maximum absolute atomic E-state index is 15.3. The van der Waals surface area contributed by atoms with E-state index in [4.69, 9.17) is 15.4 Å². The van der Waals surface area contributed by atoms with Crippen molar-refractivity contribution in [2.75, 3.05) is 6.54 Å². The van der Waals surface area contributed by atoms with Gasteiger partial charge in [0.1, 0.15) is 17.4 Å². The molecular formula is C31H27F2IN6O3. The number of azide groups is 1. The second kappa shape index (κ2) is 13.7. The van der Waals surface area contributed by atoms with Crippen molar-refractivity contribution in [2.24, 2.45) is 5.11 Å². The number of aliphatic carboxylic acids is 1. The summed E-state index contributed by atoms with van der Waals surface area (Å²) in [4.78, 5) is 24.6. The van der Waals surface area contributed by atoms with Crippen LogP contribution in [-0.4, -0.2) is 32.6 Å². The third kappa shape index (κ3) is 7.15. The largest absolute Gasteiger partial charge is 0.481 e. The third-order valence-corrected chi connectivity index (χ3v) is 7.80. The molecule has 3 N–H and O–H groups in total. The Hall–Kier alpha value is -4.42. The quantitative estimate of drug-likeness (QED) is 0.0372. The molecule has 0 radical (unpaired) electrons. The molecule has 9 nitrogen and oxygen atoms in total. The zero-order valence-corrected chi connectivity index (χ0v) is 25.0. The molecule has 2 heterocycles. The fourth-order valence-corrected chi connectivity index (χ4v) is 5.72. The fraction of sp³-hybridized carbons (Fsp3) is 0.226. The highest BCUT2D eigenvalue weighted by Crippen LogP contribution is 2.37. The van der Waals surface area contributed by atoms with Crippen LogP contribution in [0.5, 0.6) is 11.5 Å². The highest BCUT2D eigenvalue weighted by atomic mass is 127. The Balaban J connectivity index is 1.46. The van der Waals surface area contributed by atoms with Crippen LogP contribution < -0.4 is 4.74 Å². The lowest BCUT2D eigenvalue weighted by molar-refractivity contribution is -0.137. The molecule has 0 spiro atoms. The summed E-state index contributed by atoms with van der Waals surface area (Å²) in [7, 11) is 0. The van der Waals surface area contributed by atoms with Crippen LogP contribution in [0.4, 0.5) is 8.78 Å². The molecule has 0 aliphatic rings. The topological polar surface area (TPSA) is 140 Å². The van der Waals surface area contributed by atoms with Crippen molar-refractivity contribution in [3.05, 3.63) is 109 Å². The van der Waals surface area contributed by atoms with Crippen LogP contribution in [0.2, 0.25) is 0 Å². The average molecular weight is 696 g/mol. The van der Waals surface area contributed by atoms with Gasteiger partial charge in [-0.1, -0.05) is 17.2 Å². The SMILES string of the molecule is [N-]=[N+]=NCCCc1c(Oc2ccc(F)c(-c3ncc(C(CCCC(=O)O)c4cccc(I)c4)[nH]3)c2)c(F)cc2[nH]ccc12. The van der Waals surface area contributed by atoms with E-state index in [2.05, 4.69) is 47.6 Å². The van der Waals surface area contributed by atoms with Crippen LogP contribution in [0.3, 0.4) is 0 Å². The van der Waals surface area contributed by atoms with E-state index in [0.29, 0.717) is 36.8 Å². The third-order valence-electron chi connectivity index (χ3n) is 7.13.